The third kappa shape index (κ3) is 3.16. The molecule has 5 nitrogen and oxygen atoms in total. The zero-order valence-electron chi connectivity index (χ0n) is 11.1. The minimum absolute atomic E-state index is 0.0320. The van der Waals surface area contributed by atoms with Crippen molar-refractivity contribution in [3.05, 3.63) is 35.4 Å². The Morgan fingerprint density at radius 1 is 1.40 bits per heavy atom. The average molecular weight is 312 g/mol. The summed E-state index contributed by atoms with van der Waals surface area (Å²) >= 11 is 4.88. The lowest BCUT2D eigenvalue weighted by Gasteiger charge is -2.23. The topological polar surface area (TPSA) is 80.5 Å². The van der Waals surface area contributed by atoms with Crippen LogP contribution in [0.2, 0.25) is 0 Å². The molecule has 7 heteroatoms. The molecule has 1 heterocycles. The molecule has 0 spiro atoms. The number of rotatable bonds is 3. The maximum Gasteiger partial charge on any atom is 0.253 e. The average Bonchev–Trinajstić information content (AvgIpc) is 2.77. The summed E-state index contributed by atoms with van der Waals surface area (Å²) < 4.78 is 23.0. The fourth-order valence-corrected chi connectivity index (χ4v) is 4.16. The molecular formula is C13H16N2O3S2. The quantitative estimate of drug-likeness (QED) is 0.826. The van der Waals surface area contributed by atoms with Crippen LogP contribution in [0.1, 0.15) is 22.3 Å². The van der Waals surface area contributed by atoms with Crippen molar-refractivity contribution in [2.24, 2.45) is 5.73 Å². The molecule has 2 N–H and O–H groups in total. The second-order valence-electron chi connectivity index (χ2n) is 4.92. The summed E-state index contributed by atoms with van der Waals surface area (Å²) in [6, 6.07) is 6.48. The normalized spacial score (nSPS) is 20.6. The van der Waals surface area contributed by atoms with Crippen molar-refractivity contribution >= 4 is 33.0 Å². The van der Waals surface area contributed by atoms with Crippen LogP contribution in [-0.4, -0.2) is 48.8 Å². The third-order valence-electron chi connectivity index (χ3n) is 3.47. The Kier molecular flexibility index (Phi) is 4.10. The molecule has 2 rings (SSSR count). The van der Waals surface area contributed by atoms with Gasteiger partial charge in [0.1, 0.15) is 4.99 Å². The van der Waals surface area contributed by atoms with Gasteiger partial charge in [0.15, 0.2) is 9.84 Å². The number of carbonyl (C=O) groups excluding carboxylic acids is 1. The van der Waals surface area contributed by atoms with Gasteiger partial charge in [0.2, 0.25) is 0 Å². The van der Waals surface area contributed by atoms with E-state index in [-0.39, 0.29) is 28.4 Å². The molecule has 1 unspecified atom stereocenters. The fourth-order valence-electron chi connectivity index (χ4n) is 2.26. The SMILES string of the molecule is CN(C(=O)c1cccc(C(N)=S)c1)C1CCS(=O)(=O)C1. The van der Waals surface area contributed by atoms with E-state index >= 15 is 0 Å². The van der Waals surface area contributed by atoms with E-state index in [1.165, 1.54) is 4.90 Å². The van der Waals surface area contributed by atoms with E-state index in [2.05, 4.69) is 0 Å². The smallest absolute Gasteiger partial charge is 0.253 e. The van der Waals surface area contributed by atoms with Gasteiger partial charge in [-0.05, 0) is 18.6 Å². The number of hydrogen-bond acceptors (Lipinski definition) is 4. The number of hydrogen-bond donors (Lipinski definition) is 1. The third-order valence-corrected chi connectivity index (χ3v) is 5.46. The van der Waals surface area contributed by atoms with Gasteiger partial charge in [-0.3, -0.25) is 4.79 Å². The van der Waals surface area contributed by atoms with E-state index in [1.807, 2.05) is 0 Å². The molecule has 1 aromatic rings. The Morgan fingerprint density at radius 3 is 2.60 bits per heavy atom. The molecule has 0 saturated carbocycles. The highest BCUT2D eigenvalue weighted by molar-refractivity contribution is 7.91. The number of thiocarbonyl (C=S) groups is 1. The van der Waals surface area contributed by atoms with Crippen LogP contribution in [0.5, 0.6) is 0 Å². The molecule has 1 saturated heterocycles. The van der Waals surface area contributed by atoms with Crippen LogP contribution in [0, 0.1) is 0 Å². The first kappa shape index (κ1) is 14.9. The molecule has 0 radical (unpaired) electrons. The summed E-state index contributed by atoms with van der Waals surface area (Å²) in [5.41, 5.74) is 6.63. The number of nitrogens with zero attached hydrogens (tertiary/aromatic N) is 1. The Balaban J connectivity index is 2.19. The maximum atomic E-state index is 12.4. The maximum absolute atomic E-state index is 12.4. The number of carbonyl (C=O) groups is 1. The van der Waals surface area contributed by atoms with Gasteiger partial charge in [-0.1, -0.05) is 24.4 Å². The molecule has 1 fully saturated rings. The zero-order chi connectivity index (χ0) is 14.9. The highest BCUT2D eigenvalue weighted by Gasteiger charge is 2.33. The Labute approximate surface area is 123 Å². The van der Waals surface area contributed by atoms with Gasteiger partial charge < -0.3 is 10.6 Å². The molecule has 0 aliphatic carbocycles. The van der Waals surface area contributed by atoms with Crippen molar-refractivity contribution in [3.8, 4) is 0 Å². The molecule has 1 amide bonds. The standard InChI is InChI=1S/C13H16N2O3S2/c1-15(11-5-6-20(17,18)8-11)13(16)10-4-2-3-9(7-10)12(14)19/h2-4,7,11H,5-6,8H2,1H3,(H2,14,19). The summed E-state index contributed by atoms with van der Waals surface area (Å²) in [6.07, 6.45) is 0.486. The Morgan fingerprint density at radius 2 is 2.05 bits per heavy atom. The van der Waals surface area contributed by atoms with E-state index in [0.29, 0.717) is 17.5 Å². The molecule has 108 valence electrons. The van der Waals surface area contributed by atoms with Gasteiger partial charge in [-0.2, -0.15) is 0 Å². The van der Waals surface area contributed by atoms with Crippen LogP contribution >= 0.6 is 12.2 Å². The molecular weight excluding hydrogens is 296 g/mol. The summed E-state index contributed by atoms with van der Waals surface area (Å²) in [5, 5.41) is 0. The van der Waals surface area contributed by atoms with Gasteiger partial charge in [0.25, 0.3) is 5.91 Å². The van der Waals surface area contributed by atoms with Crippen LogP contribution in [-0.2, 0) is 9.84 Å². The van der Waals surface area contributed by atoms with Crippen molar-refractivity contribution in [3.63, 3.8) is 0 Å². The molecule has 0 aromatic heterocycles. The van der Waals surface area contributed by atoms with Gasteiger partial charge in [0.05, 0.1) is 11.5 Å². The Hall–Kier alpha value is -1.47. The molecule has 1 aliphatic heterocycles. The van der Waals surface area contributed by atoms with E-state index < -0.39 is 9.84 Å². The summed E-state index contributed by atoms with van der Waals surface area (Å²) in [4.78, 5) is 14.1. The predicted molar refractivity (Wildman–Crippen MR) is 81.5 cm³/mol. The van der Waals surface area contributed by atoms with Crippen LogP contribution < -0.4 is 5.73 Å². The van der Waals surface area contributed by atoms with Crippen molar-refractivity contribution < 1.29 is 13.2 Å². The monoisotopic (exact) mass is 312 g/mol. The number of nitrogens with two attached hydrogens (primary N) is 1. The summed E-state index contributed by atoms with van der Waals surface area (Å²) in [5.74, 6) is -0.0443. The van der Waals surface area contributed by atoms with E-state index in [1.54, 1.807) is 31.3 Å². The van der Waals surface area contributed by atoms with Crippen LogP contribution in [0.15, 0.2) is 24.3 Å². The van der Waals surface area contributed by atoms with Crippen LogP contribution in [0.25, 0.3) is 0 Å². The summed E-state index contributed by atoms with van der Waals surface area (Å²) in [6.45, 7) is 0. The molecule has 1 aliphatic rings. The summed E-state index contributed by atoms with van der Waals surface area (Å²) in [7, 11) is -1.39. The molecule has 1 atom stereocenters. The lowest BCUT2D eigenvalue weighted by Crippen LogP contribution is -2.37. The van der Waals surface area contributed by atoms with Crippen molar-refractivity contribution in [1.82, 2.24) is 4.90 Å². The van der Waals surface area contributed by atoms with Crippen molar-refractivity contribution in [1.29, 1.82) is 0 Å². The number of amides is 1. The van der Waals surface area contributed by atoms with Gasteiger partial charge in [-0.15, -0.1) is 0 Å². The first-order valence-corrected chi connectivity index (χ1v) is 8.40. The second-order valence-corrected chi connectivity index (χ2v) is 7.59. The highest BCUT2D eigenvalue weighted by Crippen LogP contribution is 2.19. The minimum atomic E-state index is -3.01. The molecule has 20 heavy (non-hydrogen) atoms. The van der Waals surface area contributed by atoms with Crippen LogP contribution in [0.4, 0.5) is 0 Å². The lowest BCUT2D eigenvalue weighted by molar-refractivity contribution is 0.0747. The number of benzene rings is 1. The van der Waals surface area contributed by atoms with Gasteiger partial charge in [0, 0.05) is 24.2 Å². The molecule has 1 aromatic carbocycles. The lowest BCUT2D eigenvalue weighted by atomic mass is 10.1. The fraction of sp³-hybridized carbons (Fsp3) is 0.385. The first-order chi connectivity index (χ1) is 9.30. The highest BCUT2D eigenvalue weighted by atomic mass is 32.2. The largest absolute Gasteiger partial charge is 0.389 e. The van der Waals surface area contributed by atoms with Crippen molar-refractivity contribution in [2.45, 2.75) is 12.5 Å². The minimum Gasteiger partial charge on any atom is -0.389 e. The van der Waals surface area contributed by atoms with E-state index in [9.17, 15) is 13.2 Å². The Bertz CT molecular complexity index is 655. The van der Waals surface area contributed by atoms with Crippen molar-refractivity contribution in [2.75, 3.05) is 18.6 Å². The van der Waals surface area contributed by atoms with Gasteiger partial charge >= 0.3 is 0 Å². The first-order valence-electron chi connectivity index (χ1n) is 6.17. The van der Waals surface area contributed by atoms with Crippen LogP contribution in [0.3, 0.4) is 0 Å². The molecule has 0 bridgehead atoms. The number of sulfone groups is 1. The van der Waals surface area contributed by atoms with E-state index in [4.69, 9.17) is 18.0 Å². The second kappa shape index (κ2) is 5.49. The van der Waals surface area contributed by atoms with E-state index in [0.717, 1.165) is 0 Å². The zero-order valence-corrected chi connectivity index (χ0v) is 12.7. The van der Waals surface area contributed by atoms with Gasteiger partial charge in [-0.25, -0.2) is 8.42 Å². The predicted octanol–water partition coefficient (Wildman–Crippen LogP) is 0.580.